The smallest absolute Gasteiger partial charge is 0.244 e. The Bertz CT molecular complexity index is 1210. The summed E-state index contributed by atoms with van der Waals surface area (Å²) in [5.74, 6) is -0.779. The SMILES string of the molecule is CC[C@@H](C(=O)NC1CCCCC1)N(Cc1ccccc1)C(=O)CN(c1cc(Cl)c(Cl)cc1Cl)S(C)(=O)=O. The molecule has 0 bridgehead atoms. The summed E-state index contributed by atoms with van der Waals surface area (Å²) in [7, 11) is -3.95. The highest BCUT2D eigenvalue weighted by Crippen LogP contribution is 2.35. The summed E-state index contributed by atoms with van der Waals surface area (Å²) in [4.78, 5) is 28.6. The second kappa shape index (κ2) is 13.2. The van der Waals surface area contributed by atoms with Crippen molar-refractivity contribution in [2.75, 3.05) is 17.1 Å². The molecule has 2 amide bonds. The van der Waals surface area contributed by atoms with Crippen LogP contribution in [0.25, 0.3) is 0 Å². The van der Waals surface area contributed by atoms with Crippen molar-refractivity contribution in [1.82, 2.24) is 10.2 Å². The van der Waals surface area contributed by atoms with E-state index >= 15 is 0 Å². The van der Waals surface area contributed by atoms with Crippen LogP contribution in [0.2, 0.25) is 15.1 Å². The molecule has 1 atom stereocenters. The van der Waals surface area contributed by atoms with Crippen LogP contribution in [0.4, 0.5) is 5.69 Å². The average Bonchev–Trinajstić information content (AvgIpc) is 2.85. The number of benzene rings is 2. The molecule has 0 aliphatic heterocycles. The third kappa shape index (κ3) is 7.99. The molecule has 1 aliphatic carbocycles. The van der Waals surface area contributed by atoms with Crippen molar-refractivity contribution >= 4 is 62.3 Å². The zero-order chi connectivity index (χ0) is 27.2. The number of halogens is 3. The summed E-state index contributed by atoms with van der Waals surface area (Å²) in [6.45, 7) is 1.42. The van der Waals surface area contributed by atoms with Crippen LogP contribution in [-0.2, 0) is 26.2 Å². The van der Waals surface area contributed by atoms with Crippen molar-refractivity contribution in [2.24, 2.45) is 0 Å². The molecule has 1 saturated carbocycles. The Kier molecular flexibility index (Phi) is 10.5. The number of hydrogen-bond donors (Lipinski definition) is 1. The molecule has 2 aromatic carbocycles. The van der Waals surface area contributed by atoms with Gasteiger partial charge in [-0.15, -0.1) is 0 Å². The molecule has 0 aromatic heterocycles. The molecule has 0 saturated heterocycles. The van der Waals surface area contributed by atoms with Gasteiger partial charge in [-0.1, -0.05) is 91.3 Å². The molecule has 0 radical (unpaired) electrons. The molecular weight excluding hydrogens is 557 g/mol. The zero-order valence-corrected chi connectivity index (χ0v) is 24.0. The van der Waals surface area contributed by atoms with Gasteiger partial charge in [0.15, 0.2) is 0 Å². The monoisotopic (exact) mass is 587 g/mol. The normalized spacial score (nSPS) is 15.2. The van der Waals surface area contributed by atoms with E-state index in [9.17, 15) is 18.0 Å². The molecule has 1 fully saturated rings. The number of nitrogens with zero attached hydrogens (tertiary/aromatic N) is 2. The maximum Gasteiger partial charge on any atom is 0.244 e. The van der Waals surface area contributed by atoms with Crippen LogP contribution in [0.1, 0.15) is 51.0 Å². The van der Waals surface area contributed by atoms with Crippen LogP contribution in [0.15, 0.2) is 42.5 Å². The number of carbonyl (C=O) groups excluding carboxylic acids is 2. The van der Waals surface area contributed by atoms with Gasteiger partial charge in [-0.25, -0.2) is 8.42 Å². The van der Waals surface area contributed by atoms with Gasteiger partial charge in [0.1, 0.15) is 12.6 Å². The first-order chi connectivity index (χ1) is 17.5. The van der Waals surface area contributed by atoms with Crippen molar-refractivity contribution in [2.45, 2.75) is 64.1 Å². The first kappa shape index (κ1) is 29.6. The molecule has 11 heteroatoms. The lowest BCUT2D eigenvalue weighted by molar-refractivity contribution is -0.140. The predicted molar refractivity (Wildman–Crippen MR) is 150 cm³/mol. The number of anilines is 1. The fourth-order valence-corrected chi connectivity index (χ4v) is 6.09. The standard InChI is InChI=1S/C26H32Cl3N3O4S/c1-3-23(26(34)30-19-12-8-5-9-13-19)31(16-18-10-6-4-7-11-18)25(33)17-32(37(2,35)36)24-15-21(28)20(27)14-22(24)29/h4,6-7,10-11,14-15,19,23H,3,5,8-9,12-13,16-17H2,1-2H3,(H,30,34)/t23-/m0/s1. The quantitative estimate of drug-likeness (QED) is 0.363. The van der Waals surface area contributed by atoms with E-state index in [1.165, 1.54) is 17.0 Å². The molecule has 202 valence electrons. The summed E-state index contributed by atoms with van der Waals surface area (Å²) in [6, 6.07) is 11.2. The largest absolute Gasteiger partial charge is 0.352 e. The number of sulfonamides is 1. The van der Waals surface area contributed by atoms with Gasteiger partial charge in [0.05, 0.1) is 27.0 Å². The van der Waals surface area contributed by atoms with Crippen molar-refractivity contribution in [3.05, 3.63) is 63.1 Å². The Morgan fingerprint density at radius 1 is 1.00 bits per heavy atom. The lowest BCUT2D eigenvalue weighted by Gasteiger charge is -2.34. The van der Waals surface area contributed by atoms with E-state index < -0.39 is 28.5 Å². The fraction of sp³-hybridized carbons (Fsp3) is 0.462. The molecule has 3 rings (SSSR count). The highest BCUT2D eigenvalue weighted by atomic mass is 35.5. The van der Waals surface area contributed by atoms with Gasteiger partial charge in [0, 0.05) is 12.6 Å². The molecule has 0 spiro atoms. The Hall–Kier alpha value is -2.00. The van der Waals surface area contributed by atoms with E-state index in [4.69, 9.17) is 34.8 Å². The lowest BCUT2D eigenvalue weighted by Crippen LogP contribution is -2.54. The predicted octanol–water partition coefficient (Wildman–Crippen LogP) is 5.67. The van der Waals surface area contributed by atoms with E-state index in [2.05, 4.69) is 5.32 Å². The maximum absolute atomic E-state index is 13.8. The highest BCUT2D eigenvalue weighted by molar-refractivity contribution is 7.92. The van der Waals surface area contributed by atoms with Crippen LogP contribution in [0.5, 0.6) is 0 Å². The Morgan fingerprint density at radius 2 is 1.62 bits per heavy atom. The molecule has 0 unspecified atom stereocenters. The lowest BCUT2D eigenvalue weighted by atomic mass is 9.95. The van der Waals surface area contributed by atoms with Crippen molar-refractivity contribution < 1.29 is 18.0 Å². The van der Waals surface area contributed by atoms with E-state index in [1.54, 1.807) is 0 Å². The van der Waals surface area contributed by atoms with E-state index in [0.29, 0.717) is 6.42 Å². The van der Waals surface area contributed by atoms with Crippen LogP contribution in [-0.4, -0.2) is 50.0 Å². The topological polar surface area (TPSA) is 86.8 Å². The van der Waals surface area contributed by atoms with E-state index in [-0.39, 0.29) is 39.2 Å². The van der Waals surface area contributed by atoms with E-state index in [1.807, 2.05) is 37.3 Å². The van der Waals surface area contributed by atoms with Gasteiger partial charge in [0.2, 0.25) is 21.8 Å². The molecular formula is C26H32Cl3N3O4S. The van der Waals surface area contributed by atoms with Crippen molar-refractivity contribution in [3.63, 3.8) is 0 Å². The Morgan fingerprint density at radius 3 is 2.22 bits per heavy atom. The van der Waals surface area contributed by atoms with Crippen LogP contribution >= 0.6 is 34.8 Å². The maximum atomic E-state index is 13.8. The number of rotatable bonds is 10. The van der Waals surface area contributed by atoms with Gasteiger partial charge >= 0.3 is 0 Å². The Labute approximate surface area is 234 Å². The third-order valence-electron chi connectivity index (χ3n) is 6.47. The van der Waals surface area contributed by atoms with Gasteiger partial charge in [-0.3, -0.25) is 13.9 Å². The van der Waals surface area contributed by atoms with Gasteiger partial charge < -0.3 is 10.2 Å². The second-order valence-electron chi connectivity index (χ2n) is 9.26. The minimum atomic E-state index is -3.95. The number of amides is 2. The van der Waals surface area contributed by atoms with Crippen LogP contribution < -0.4 is 9.62 Å². The van der Waals surface area contributed by atoms with Gasteiger partial charge in [0.25, 0.3) is 0 Å². The molecule has 0 heterocycles. The molecule has 1 N–H and O–H groups in total. The molecule has 2 aromatic rings. The van der Waals surface area contributed by atoms with Gasteiger partial charge in [-0.2, -0.15) is 0 Å². The minimum Gasteiger partial charge on any atom is -0.352 e. The van der Waals surface area contributed by atoms with Crippen LogP contribution in [0, 0.1) is 0 Å². The average molecular weight is 589 g/mol. The summed E-state index contributed by atoms with van der Waals surface area (Å²) < 4.78 is 26.4. The first-order valence-electron chi connectivity index (χ1n) is 12.3. The fourth-order valence-electron chi connectivity index (χ4n) is 4.54. The van der Waals surface area contributed by atoms with Gasteiger partial charge in [-0.05, 0) is 37.0 Å². The van der Waals surface area contributed by atoms with E-state index in [0.717, 1.165) is 48.2 Å². The summed E-state index contributed by atoms with van der Waals surface area (Å²) >= 11 is 18.5. The first-order valence-corrected chi connectivity index (χ1v) is 15.3. The minimum absolute atomic E-state index is 0.0318. The summed E-state index contributed by atoms with van der Waals surface area (Å²) in [5.41, 5.74) is 0.851. The number of hydrogen-bond acceptors (Lipinski definition) is 4. The third-order valence-corrected chi connectivity index (χ3v) is 8.62. The number of carbonyl (C=O) groups is 2. The Balaban J connectivity index is 1.94. The summed E-state index contributed by atoms with van der Waals surface area (Å²) in [6.07, 6.45) is 6.43. The number of nitrogens with one attached hydrogen (secondary N) is 1. The summed E-state index contributed by atoms with van der Waals surface area (Å²) in [5, 5.41) is 3.40. The highest BCUT2D eigenvalue weighted by Gasteiger charge is 2.33. The second-order valence-corrected chi connectivity index (χ2v) is 12.4. The van der Waals surface area contributed by atoms with Crippen molar-refractivity contribution in [3.8, 4) is 0 Å². The molecule has 7 nitrogen and oxygen atoms in total. The van der Waals surface area contributed by atoms with Crippen LogP contribution in [0.3, 0.4) is 0 Å². The van der Waals surface area contributed by atoms with Crippen molar-refractivity contribution in [1.29, 1.82) is 0 Å². The molecule has 37 heavy (non-hydrogen) atoms. The zero-order valence-electron chi connectivity index (χ0n) is 20.9. The molecule has 1 aliphatic rings.